The van der Waals surface area contributed by atoms with Gasteiger partial charge in [0, 0.05) is 22.7 Å². The fourth-order valence-corrected chi connectivity index (χ4v) is 2.63. The summed E-state index contributed by atoms with van der Waals surface area (Å²) < 4.78 is 1.00. The van der Waals surface area contributed by atoms with Gasteiger partial charge in [0.25, 0.3) is 0 Å². The minimum absolute atomic E-state index is 0.510. The maximum atomic E-state index is 9.29. The molecule has 0 spiro atoms. The molecule has 0 aliphatic heterocycles. The van der Waals surface area contributed by atoms with Crippen LogP contribution in [0.4, 0.5) is 0 Å². The van der Waals surface area contributed by atoms with E-state index < -0.39 is 6.10 Å². The Morgan fingerprint density at radius 3 is 2.80 bits per heavy atom. The summed E-state index contributed by atoms with van der Waals surface area (Å²) >= 11 is 3.18. The van der Waals surface area contributed by atoms with E-state index in [2.05, 4.69) is 9.97 Å². The van der Waals surface area contributed by atoms with Crippen molar-refractivity contribution in [3.63, 3.8) is 0 Å². The van der Waals surface area contributed by atoms with Crippen LogP contribution in [0, 0.1) is 0 Å². The van der Waals surface area contributed by atoms with E-state index in [4.69, 9.17) is 0 Å². The first-order valence-electron chi connectivity index (χ1n) is 4.47. The number of aliphatic hydroxyl groups is 1. The number of nitrogens with zero attached hydrogens (tertiary/aromatic N) is 2. The normalized spacial score (nSPS) is 12.7. The third-order valence-corrected chi connectivity index (χ3v) is 3.66. The SMILES string of the molecule is C[C@@H](O)c1ccc(Sc2nccs2)cn1. The van der Waals surface area contributed by atoms with Crippen molar-refractivity contribution >= 4 is 23.1 Å². The predicted molar refractivity (Wildman–Crippen MR) is 61.1 cm³/mol. The lowest BCUT2D eigenvalue weighted by Gasteiger charge is -2.03. The first kappa shape index (κ1) is 10.6. The standard InChI is InChI=1S/C10H10N2OS2/c1-7(13)9-3-2-8(6-12-9)15-10-11-4-5-14-10/h2-7,13H,1H3/t7-/m1/s1. The van der Waals surface area contributed by atoms with Crippen molar-refractivity contribution in [2.24, 2.45) is 0 Å². The van der Waals surface area contributed by atoms with Crippen LogP contribution >= 0.6 is 23.1 Å². The highest BCUT2D eigenvalue weighted by atomic mass is 32.2. The molecule has 0 fully saturated rings. The molecule has 0 radical (unpaired) electrons. The van der Waals surface area contributed by atoms with Crippen molar-refractivity contribution in [1.29, 1.82) is 0 Å². The summed E-state index contributed by atoms with van der Waals surface area (Å²) in [6.07, 6.45) is 3.03. The lowest BCUT2D eigenvalue weighted by Crippen LogP contribution is -1.94. The van der Waals surface area contributed by atoms with Gasteiger partial charge in [0.1, 0.15) is 0 Å². The van der Waals surface area contributed by atoms with Gasteiger partial charge in [0.15, 0.2) is 4.34 Å². The Morgan fingerprint density at radius 2 is 2.27 bits per heavy atom. The highest BCUT2D eigenvalue weighted by molar-refractivity contribution is 8.01. The Hall–Kier alpha value is -0.910. The zero-order valence-electron chi connectivity index (χ0n) is 8.12. The van der Waals surface area contributed by atoms with E-state index in [-0.39, 0.29) is 0 Å². The van der Waals surface area contributed by atoms with Crippen molar-refractivity contribution in [2.75, 3.05) is 0 Å². The second-order valence-electron chi connectivity index (χ2n) is 2.99. The van der Waals surface area contributed by atoms with Crippen LogP contribution in [-0.4, -0.2) is 15.1 Å². The summed E-state index contributed by atoms with van der Waals surface area (Å²) in [7, 11) is 0. The predicted octanol–water partition coefficient (Wildman–Crippen LogP) is 2.74. The molecule has 78 valence electrons. The molecule has 1 atom stereocenters. The first-order valence-corrected chi connectivity index (χ1v) is 6.16. The molecule has 15 heavy (non-hydrogen) atoms. The summed E-state index contributed by atoms with van der Waals surface area (Å²) in [4.78, 5) is 9.37. The first-order chi connectivity index (χ1) is 7.25. The monoisotopic (exact) mass is 238 g/mol. The molecule has 0 saturated carbocycles. The molecule has 0 aliphatic carbocycles. The van der Waals surface area contributed by atoms with Crippen LogP contribution in [-0.2, 0) is 0 Å². The van der Waals surface area contributed by atoms with Gasteiger partial charge in [0.05, 0.1) is 11.8 Å². The van der Waals surface area contributed by atoms with E-state index in [0.717, 1.165) is 9.24 Å². The molecular weight excluding hydrogens is 228 g/mol. The summed E-state index contributed by atoms with van der Waals surface area (Å²) in [6, 6.07) is 3.78. The zero-order chi connectivity index (χ0) is 10.7. The molecule has 3 nitrogen and oxygen atoms in total. The molecule has 0 aliphatic rings. The third-order valence-electron chi connectivity index (χ3n) is 1.80. The van der Waals surface area contributed by atoms with Crippen LogP contribution in [0.1, 0.15) is 18.7 Å². The van der Waals surface area contributed by atoms with Gasteiger partial charge in [0.2, 0.25) is 0 Å². The van der Waals surface area contributed by atoms with Crippen molar-refractivity contribution in [1.82, 2.24) is 9.97 Å². The van der Waals surface area contributed by atoms with E-state index in [1.807, 2.05) is 17.5 Å². The molecule has 2 heterocycles. The Bertz CT molecular complexity index is 411. The fraction of sp³-hybridized carbons (Fsp3) is 0.200. The summed E-state index contributed by atoms with van der Waals surface area (Å²) in [6.45, 7) is 1.70. The number of aliphatic hydroxyl groups excluding tert-OH is 1. The van der Waals surface area contributed by atoms with E-state index in [9.17, 15) is 5.11 Å². The maximum Gasteiger partial charge on any atom is 0.154 e. The van der Waals surface area contributed by atoms with Crippen LogP contribution in [0.15, 0.2) is 39.1 Å². The molecule has 0 bridgehead atoms. The Kier molecular flexibility index (Phi) is 3.35. The van der Waals surface area contributed by atoms with Gasteiger partial charge in [-0.15, -0.1) is 11.3 Å². The second kappa shape index (κ2) is 4.74. The fourth-order valence-electron chi connectivity index (χ4n) is 1.06. The number of hydrogen-bond acceptors (Lipinski definition) is 5. The number of aromatic nitrogens is 2. The molecule has 1 N–H and O–H groups in total. The molecule has 0 saturated heterocycles. The van der Waals surface area contributed by atoms with E-state index in [0.29, 0.717) is 5.69 Å². The van der Waals surface area contributed by atoms with Crippen molar-refractivity contribution < 1.29 is 5.11 Å². The van der Waals surface area contributed by atoms with Gasteiger partial charge in [-0.1, -0.05) is 11.8 Å². The summed E-state index contributed by atoms with van der Waals surface area (Å²) in [5.41, 5.74) is 0.693. The van der Waals surface area contributed by atoms with Gasteiger partial charge < -0.3 is 5.11 Å². The minimum Gasteiger partial charge on any atom is -0.387 e. The Labute approximate surface area is 96.2 Å². The third kappa shape index (κ3) is 2.77. The molecule has 5 heteroatoms. The molecule has 2 rings (SSSR count). The summed E-state index contributed by atoms with van der Waals surface area (Å²) in [5.74, 6) is 0. The largest absolute Gasteiger partial charge is 0.387 e. The number of pyridine rings is 1. The average molecular weight is 238 g/mol. The molecule has 0 amide bonds. The molecule has 0 unspecified atom stereocenters. The summed E-state index contributed by atoms with van der Waals surface area (Å²) in [5, 5.41) is 11.2. The molecule has 2 aromatic rings. The lowest BCUT2D eigenvalue weighted by molar-refractivity contribution is 0.194. The maximum absolute atomic E-state index is 9.29. The quantitative estimate of drug-likeness (QED) is 0.893. The van der Waals surface area contributed by atoms with Gasteiger partial charge in [-0.3, -0.25) is 4.98 Å². The van der Waals surface area contributed by atoms with Gasteiger partial charge in [-0.05, 0) is 19.1 Å². The Morgan fingerprint density at radius 1 is 1.40 bits per heavy atom. The van der Waals surface area contributed by atoms with E-state index >= 15 is 0 Å². The van der Waals surface area contributed by atoms with Crippen LogP contribution in [0.5, 0.6) is 0 Å². The number of thiazole rings is 1. The van der Waals surface area contributed by atoms with Crippen LogP contribution in [0.2, 0.25) is 0 Å². The van der Waals surface area contributed by atoms with Crippen LogP contribution in [0.3, 0.4) is 0 Å². The minimum atomic E-state index is -0.510. The second-order valence-corrected chi connectivity index (χ2v) is 5.21. The number of hydrogen-bond donors (Lipinski definition) is 1. The van der Waals surface area contributed by atoms with Gasteiger partial charge in [-0.2, -0.15) is 0 Å². The Balaban J connectivity index is 2.11. The zero-order valence-corrected chi connectivity index (χ0v) is 9.76. The van der Waals surface area contributed by atoms with Crippen LogP contribution < -0.4 is 0 Å². The highest BCUT2D eigenvalue weighted by Gasteiger charge is 2.03. The molecule has 0 aromatic carbocycles. The average Bonchev–Trinajstić information content (AvgIpc) is 2.71. The molecular formula is C10H10N2OS2. The van der Waals surface area contributed by atoms with Gasteiger partial charge in [-0.25, -0.2) is 4.98 Å². The molecule has 2 aromatic heterocycles. The van der Waals surface area contributed by atoms with E-state index in [1.54, 1.807) is 42.4 Å². The lowest BCUT2D eigenvalue weighted by atomic mass is 10.2. The smallest absolute Gasteiger partial charge is 0.154 e. The van der Waals surface area contributed by atoms with Crippen molar-refractivity contribution in [3.8, 4) is 0 Å². The van der Waals surface area contributed by atoms with Crippen LogP contribution in [0.25, 0.3) is 0 Å². The number of rotatable bonds is 3. The van der Waals surface area contributed by atoms with Crippen molar-refractivity contribution in [3.05, 3.63) is 35.6 Å². The topological polar surface area (TPSA) is 46.0 Å². The van der Waals surface area contributed by atoms with Crippen molar-refractivity contribution in [2.45, 2.75) is 22.3 Å². The van der Waals surface area contributed by atoms with Gasteiger partial charge >= 0.3 is 0 Å². The highest BCUT2D eigenvalue weighted by Crippen LogP contribution is 2.28. The van der Waals surface area contributed by atoms with E-state index in [1.165, 1.54) is 0 Å².